The second kappa shape index (κ2) is 31.3. The number of hydrogen-bond acceptors (Lipinski definition) is 8. The highest BCUT2D eigenvalue weighted by Crippen LogP contribution is 2.36. The minimum absolute atomic E-state index is 0. The Balaban J connectivity index is 0.000000153. The van der Waals surface area contributed by atoms with E-state index in [0.717, 1.165) is 93.6 Å². The van der Waals surface area contributed by atoms with Crippen LogP contribution in [-0.2, 0) is 39.3 Å². The molecule has 13 nitrogen and oxygen atoms in total. The average molecular weight is 1150 g/mol. The molecular weight excluding hydrogens is 1060 g/mol. The van der Waals surface area contributed by atoms with Gasteiger partial charge < -0.3 is 61.5 Å². The van der Waals surface area contributed by atoms with Gasteiger partial charge in [0.05, 0.1) is 11.0 Å². The maximum Gasteiger partial charge on any atom is 0.231 e. The van der Waals surface area contributed by atoms with E-state index < -0.39 is 0 Å². The van der Waals surface area contributed by atoms with Gasteiger partial charge in [0.25, 0.3) is 0 Å². The van der Waals surface area contributed by atoms with Gasteiger partial charge in [0, 0.05) is 135 Å². The van der Waals surface area contributed by atoms with Crippen LogP contribution in [0.1, 0.15) is 24.1 Å². The molecule has 12 rings (SSSR count). The molecular formula is C71H93FN10O3. The second-order valence-corrected chi connectivity index (χ2v) is 23.1. The van der Waals surface area contributed by atoms with Crippen molar-refractivity contribution in [1.29, 1.82) is 0 Å². The molecule has 11 aromatic rings. The Hall–Kier alpha value is -7.85. The lowest BCUT2D eigenvalue weighted by molar-refractivity contribution is 0.174. The fourth-order valence-electron chi connectivity index (χ4n) is 9.97. The van der Waals surface area contributed by atoms with E-state index in [-0.39, 0.29) is 13.2 Å². The molecule has 5 aromatic heterocycles. The number of aryl methyl sites for hydroxylation is 2. The Bertz CT molecular complexity index is 3580. The summed E-state index contributed by atoms with van der Waals surface area (Å²) in [7, 11) is 20.9. The predicted molar refractivity (Wildman–Crippen MR) is 356 cm³/mol. The summed E-state index contributed by atoms with van der Waals surface area (Å²) in [5.41, 5.74) is 9.99. The Labute approximate surface area is 505 Å². The van der Waals surface area contributed by atoms with Crippen molar-refractivity contribution in [3.8, 4) is 17.2 Å². The molecule has 0 bridgehead atoms. The Morgan fingerprint density at radius 3 is 1.28 bits per heavy atom. The molecule has 0 saturated carbocycles. The molecule has 1 aliphatic heterocycles. The van der Waals surface area contributed by atoms with Crippen LogP contribution in [0, 0.1) is 19.7 Å². The number of fused-ring (bicyclic) bond motifs is 6. The number of nitrogens with zero attached hydrogens (tertiary/aromatic N) is 10. The smallest absolute Gasteiger partial charge is 0.231 e. The maximum absolute atomic E-state index is 12.9. The second-order valence-electron chi connectivity index (χ2n) is 23.1. The summed E-state index contributed by atoms with van der Waals surface area (Å²) in [5.74, 6) is 2.48. The molecule has 14 heteroatoms. The number of likely N-dealkylation sites (N-methyl/N-ethyl adjacent to an activating group) is 5. The molecule has 0 spiro atoms. The number of hydrogen-bond donors (Lipinski definition) is 0. The van der Waals surface area contributed by atoms with Crippen LogP contribution in [0.15, 0.2) is 177 Å². The number of ether oxygens (including phenoxy) is 3. The van der Waals surface area contributed by atoms with Gasteiger partial charge in [-0.05, 0) is 186 Å². The van der Waals surface area contributed by atoms with Crippen LogP contribution >= 0.6 is 0 Å². The minimum atomic E-state index is -0.173. The van der Waals surface area contributed by atoms with Gasteiger partial charge in [-0.3, -0.25) is 0 Å². The Morgan fingerprint density at radius 2 is 0.800 bits per heavy atom. The van der Waals surface area contributed by atoms with Crippen LogP contribution in [0.5, 0.6) is 17.2 Å². The van der Waals surface area contributed by atoms with E-state index in [0.29, 0.717) is 13.4 Å². The number of benzene rings is 6. The van der Waals surface area contributed by atoms with E-state index in [2.05, 4.69) is 239 Å². The average Bonchev–Trinajstić information content (AvgIpc) is 4.55. The molecule has 0 saturated heterocycles. The van der Waals surface area contributed by atoms with E-state index in [1.807, 2.05) is 56.7 Å². The molecule has 0 fully saturated rings. The number of para-hydroxylation sites is 1. The number of halogens is 1. The van der Waals surface area contributed by atoms with Gasteiger partial charge in [-0.1, -0.05) is 73.2 Å². The summed E-state index contributed by atoms with van der Waals surface area (Å²) in [5, 5.41) is 6.08. The van der Waals surface area contributed by atoms with Gasteiger partial charge in [0.15, 0.2) is 11.5 Å². The standard InChI is InChI=1S/C19H22N2O.C13H16N2O2.2C13H18N2.C12H15FN2.CH4/c1-20(2)13-14-21-12-11-17-9-6-10-18(19(17)21)22-15-16-7-4-3-5-8-16;1-14(2)5-6-15-4-3-10-7-12-13(8-11(10)15)17-9-16-12;2*1-11-4-5-13-12(10-11)6-7-15(13)9-8-14(2)3;1-14(2)7-8-15-6-5-10-9-11(13)3-4-12(10)15;/h3-12H,13-15H2,1-2H3;3-4,7-8H,5-6,9H2,1-2H3;2*4-7,10H,8-9H2,1-3H3;3-6,9H,7-8H2,1-2H3;1H4. The third-order valence-corrected chi connectivity index (χ3v) is 14.8. The Kier molecular flexibility index (Phi) is 23.9. The monoisotopic (exact) mass is 1150 g/mol. The van der Waals surface area contributed by atoms with Crippen molar-refractivity contribution in [2.75, 3.05) is 110 Å². The lowest BCUT2D eigenvalue weighted by Crippen LogP contribution is -2.18. The van der Waals surface area contributed by atoms with Gasteiger partial charge in [-0.15, -0.1) is 0 Å². The topological polar surface area (TPSA) is 68.5 Å². The summed E-state index contributed by atoms with van der Waals surface area (Å²) in [6, 6.07) is 49.4. The highest BCUT2D eigenvalue weighted by Gasteiger charge is 2.16. The zero-order valence-electron chi connectivity index (χ0n) is 51.8. The molecule has 0 amide bonds. The third kappa shape index (κ3) is 18.6. The molecule has 0 unspecified atom stereocenters. The van der Waals surface area contributed by atoms with Crippen molar-refractivity contribution in [3.63, 3.8) is 0 Å². The summed E-state index contributed by atoms with van der Waals surface area (Å²) >= 11 is 0. The van der Waals surface area contributed by atoms with E-state index in [9.17, 15) is 4.39 Å². The van der Waals surface area contributed by atoms with Crippen molar-refractivity contribution in [2.24, 2.45) is 0 Å². The summed E-state index contributed by atoms with van der Waals surface area (Å²) < 4.78 is 41.1. The molecule has 0 aliphatic carbocycles. The Morgan fingerprint density at radius 1 is 0.400 bits per heavy atom. The van der Waals surface area contributed by atoms with Crippen molar-refractivity contribution in [2.45, 2.75) is 60.6 Å². The molecule has 0 radical (unpaired) electrons. The van der Waals surface area contributed by atoms with Gasteiger partial charge in [-0.25, -0.2) is 4.39 Å². The van der Waals surface area contributed by atoms with Gasteiger partial charge in [-0.2, -0.15) is 0 Å². The largest absolute Gasteiger partial charge is 0.487 e. The van der Waals surface area contributed by atoms with Crippen molar-refractivity contribution in [3.05, 3.63) is 199 Å². The lowest BCUT2D eigenvalue weighted by Gasteiger charge is -2.14. The SMILES string of the molecule is C.CN(C)CCn1ccc2cc(F)ccc21.CN(C)CCn1ccc2cc3c(cc21)OCO3.CN(C)CCn1ccc2cccc(OCc3ccccc3)c21.Cc1ccc2c(ccn2CCN(C)C)c1.Cc1ccc2c(ccn2CCN(C)C)c1. The van der Waals surface area contributed by atoms with Crippen molar-refractivity contribution >= 4 is 54.5 Å². The van der Waals surface area contributed by atoms with Gasteiger partial charge >= 0.3 is 0 Å². The summed E-state index contributed by atoms with van der Waals surface area (Å²) in [6.07, 6.45) is 10.6. The van der Waals surface area contributed by atoms with E-state index in [4.69, 9.17) is 14.2 Å². The fraction of sp³-hybridized carbons (Fsp3) is 0.352. The maximum atomic E-state index is 12.9. The van der Waals surface area contributed by atoms with Crippen LogP contribution in [0.3, 0.4) is 0 Å². The highest BCUT2D eigenvalue weighted by molar-refractivity contribution is 5.87. The molecule has 6 aromatic carbocycles. The van der Waals surface area contributed by atoms with Gasteiger partial charge in [0.1, 0.15) is 18.2 Å². The van der Waals surface area contributed by atoms with E-state index >= 15 is 0 Å². The van der Waals surface area contributed by atoms with E-state index in [1.165, 1.54) is 66.4 Å². The highest BCUT2D eigenvalue weighted by atomic mass is 19.1. The fourth-order valence-corrected chi connectivity index (χ4v) is 9.97. The predicted octanol–water partition coefficient (Wildman–Crippen LogP) is 13.7. The molecule has 0 atom stereocenters. The van der Waals surface area contributed by atoms with Crippen LogP contribution in [0.4, 0.5) is 4.39 Å². The van der Waals surface area contributed by atoms with Crippen LogP contribution < -0.4 is 14.2 Å². The third-order valence-electron chi connectivity index (χ3n) is 14.8. The molecule has 1 aliphatic rings. The van der Waals surface area contributed by atoms with Crippen LogP contribution in [-0.4, -0.2) is 157 Å². The van der Waals surface area contributed by atoms with Crippen molar-refractivity contribution in [1.82, 2.24) is 47.3 Å². The quantitative estimate of drug-likeness (QED) is 0.0842. The first-order valence-corrected chi connectivity index (χ1v) is 29.2. The molecule has 6 heterocycles. The van der Waals surface area contributed by atoms with Crippen LogP contribution in [0.25, 0.3) is 54.5 Å². The summed E-state index contributed by atoms with van der Waals surface area (Å²) in [4.78, 5) is 10.9. The first-order chi connectivity index (χ1) is 40.5. The zero-order chi connectivity index (χ0) is 59.7. The lowest BCUT2D eigenvalue weighted by atomic mass is 10.2. The minimum Gasteiger partial charge on any atom is -0.487 e. The first kappa shape index (κ1) is 64.7. The van der Waals surface area contributed by atoms with Crippen LogP contribution in [0.2, 0.25) is 0 Å². The molecule has 452 valence electrons. The molecule has 85 heavy (non-hydrogen) atoms. The zero-order valence-corrected chi connectivity index (χ0v) is 51.8. The van der Waals surface area contributed by atoms with Crippen molar-refractivity contribution < 1.29 is 18.6 Å². The number of rotatable bonds is 18. The number of aromatic nitrogens is 5. The normalized spacial score (nSPS) is 11.7. The molecule has 0 N–H and O–H groups in total. The van der Waals surface area contributed by atoms with E-state index in [1.54, 1.807) is 6.07 Å². The van der Waals surface area contributed by atoms with Gasteiger partial charge in [0.2, 0.25) is 6.79 Å². The first-order valence-electron chi connectivity index (χ1n) is 29.2. The summed E-state index contributed by atoms with van der Waals surface area (Å²) in [6.45, 7) is 15.4.